The molecule has 0 amide bonds. The highest BCUT2D eigenvalue weighted by Crippen LogP contribution is 2.27. The second kappa shape index (κ2) is 5.50. The standard InChI is InChI=1S/C14H22N4/c1-4-10(2)9-12(16-15)14-11-7-5-6-8-13(11)18(3)17-14/h5-8,10,12,16H,4,9,15H2,1-3H3. The Morgan fingerprint density at radius 3 is 2.78 bits per heavy atom. The summed E-state index contributed by atoms with van der Waals surface area (Å²) in [5.74, 6) is 6.34. The zero-order valence-electron chi connectivity index (χ0n) is 11.4. The number of nitrogens with one attached hydrogen (secondary N) is 1. The van der Waals surface area contributed by atoms with Gasteiger partial charge >= 0.3 is 0 Å². The number of hydrogen-bond donors (Lipinski definition) is 2. The van der Waals surface area contributed by atoms with Gasteiger partial charge in [-0.05, 0) is 18.4 Å². The maximum Gasteiger partial charge on any atom is 0.0886 e. The number of benzene rings is 1. The van der Waals surface area contributed by atoms with E-state index in [1.165, 1.54) is 5.39 Å². The lowest BCUT2D eigenvalue weighted by atomic mass is 9.96. The number of hydrazine groups is 1. The molecule has 98 valence electrons. The van der Waals surface area contributed by atoms with Crippen molar-refractivity contribution in [1.29, 1.82) is 0 Å². The monoisotopic (exact) mass is 246 g/mol. The van der Waals surface area contributed by atoms with Gasteiger partial charge in [-0.3, -0.25) is 16.0 Å². The van der Waals surface area contributed by atoms with Gasteiger partial charge in [-0.2, -0.15) is 5.10 Å². The predicted molar refractivity (Wildman–Crippen MR) is 74.9 cm³/mol. The minimum atomic E-state index is 0.117. The van der Waals surface area contributed by atoms with E-state index in [1.807, 2.05) is 23.9 Å². The average molecular weight is 246 g/mol. The van der Waals surface area contributed by atoms with Gasteiger partial charge in [0.15, 0.2) is 0 Å². The minimum Gasteiger partial charge on any atom is -0.271 e. The molecule has 18 heavy (non-hydrogen) atoms. The van der Waals surface area contributed by atoms with Crippen LogP contribution in [0, 0.1) is 5.92 Å². The molecule has 0 fully saturated rings. The van der Waals surface area contributed by atoms with Crippen molar-refractivity contribution in [2.75, 3.05) is 0 Å². The number of hydrogen-bond acceptors (Lipinski definition) is 3. The van der Waals surface area contributed by atoms with Gasteiger partial charge in [0.25, 0.3) is 0 Å². The van der Waals surface area contributed by atoms with Gasteiger partial charge < -0.3 is 0 Å². The number of aromatic nitrogens is 2. The molecule has 2 atom stereocenters. The van der Waals surface area contributed by atoms with E-state index in [1.54, 1.807) is 0 Å². The molecule has 0 aliphatic carbocycles. The Hall–Kier alpha value is -1.39. The molecule has 0 aliphatic heterocycles. The van der Waals surface area contributed by atoms with E-state index in [-0.39, 0.29) is 6.04 Å². The lowest BCUT2D eigenvalue weighted by molar-refractivity contribution is 0.401. The van der Waals surface area contributed by atoms with Gasteiger partial charge in [0.1, 0.15) is 0 Å². The molecule has 1 heterocycles. The third-order valence-electron chi connectivity index (χ3n) is 3.65. The van der Waals surface area contributed by atoms with Crippen molar-refractivity contribution in [1.82, 2.24) is 15.2 Å². The molecule has 0 bridgehead atoms. The van der Waals surface area contributed by atoms with Crippen LogP contribution < -0.4 is 11.3 Å². The lowest BCUT2D eigenvalue weighted by Gasteiger charge is -2.17. The Bertz CT molecular complexity index is 517. The molecule has 4 nitrogen and oxygen atoms in total. The normalized spacial score (nSPS) is 14.9. The van der Waals surface area contributed by atoms with Gasteiger partial charge in [0.2, 0.25) is 0 Å². The average Bonchev–Trinajstić information content (AvgIpc) is 2.74. The molecular formula is C14H22N4. The Morgan fingerprint density at radius 2 is 2.11 bits per heavy atom. The van der Waals surface area contributed by atoms with Crippen LogP contribution in [0.1, 0.15) is 38.4 Å². The van der Waals surface area contributed by atoms with Crippen molar-refractivity contribution in [2.45, 2.75) is 32.7 Å². The molecule has 0 radical (unpaired) electrons. The summed E-state index contributed by atoms with van der Waals surface area (Å²) in [5, 5.41) is 5.81. The molecule has 4 heteroatoms. The third kappa shape index (κ3) is 2.40. The molecule has 1 aromatic carbocycles. The van der Waals surface area contributed by atoms with Crippen LogP contribution >= 0.6 is 0 Å². The molecular weight excluding hydrogens is 224 g/mol. The van der Waals surface area contributed by atoms with Crippen LogP contribution in [0.2, 0.25) is 0 Å². The summed E-state index contributed by atoms with van der Waals surface area (Å²) in [6.45, 7) is 4.45. The fourth-order valence-electron chi connectivity index (χ4n) is 2.33. The highest BCUT2D eigenvalue weighted by atomic mass is 15.3. The van der Waals surface area contributed by atoms with Crippen molar-refractivity contribution in [2.24, 2.45) is 18.8 Å². The summed E-state index contributed by atoms with van der Waals surface area (Å²) in [6, 6.07) is 8.39. The van der Waals surface area contributed by atoms with Gasteiger partial charge in [-0.1, -0.05) is 38.5 Å². The SMILES string of the molecule is CCC(C)CC(NN)c1nn(C)c2ccccc12. The zero-order valence-corrected chi connectivity index (χ0v) is 11.4. The first-order valence-corrected chi connectivity index (χ1v) is 6.55. The molecule has 2 rings (SSSR count). The van der Waals surface area contributed by atoms with Gasteiger partial charge in [-0.15, -0.1) is 0 Å². The van der Waals surface area contributed by atoms with E-state index >= 15 is 0 Å². The van der Waals surface area contributed by atoms with Crippen LogP contribution in [0.25, 0.3) is 10.9 Å². The van der Waals surface area contributed by atoms with Gasteiger partial charge in [-0.25, -0.2) is 0 Å². The summed E-state index contributed by atoms with van der Waals surface area (Å²) in [7, 11) is 1.97. The summed E-state index contributed by atoms with van der Waals surface area (Å²) < 4.78 is 1.92. The fourth-order valence-corrected chi connectivity index (χ4v) is 2.33. The molecule has 0 saturated carbocycles. The molecule has 1 aromatic heterocycles. The topological polar surface area (TPSA) is 55.9 Å². The van der Waals surface area contributed by atoms with E-state index in [0.29, 0.717) is 5.92 Å². The fraction of sp³-hybridized carbons (Fsp3) is 0.500. The molecule has 0 saturated heterocycles. The van der Waals surface area contributed by atoms with E-state index in [2.05, 4.69) is 36.5 Å². The van der Waals surface area contributed by atoms with E-state index < -0.39 is 0 Å². The number of fused-ring (bicyclic) bond motifs is 1. The van der Waals surface area contributed by atoms with Crippen LogP contribution in [0.4, 0.5) is 0 Å². The summed E-state index contributed by atoms with van der Waals surface area (Å²) >= 11 is 0. The van der Waals surface area contributed by atoms with E-state index in [0.717, 1.165) is 24.1 Å². The summed E-state index contributed by atoms with van der Waals surface area (Å²) in [5.41, 5.74) is 5.11. The highest BCUT2D eigenvalue weighted by Gasteiger charge is 2.19. The minimum absolute atomic E-state index is 0.117. The highest BCUT2D eigenvalue weighted by molar-refractivity contribution is 5.82. The van der Waals surface area contributed by atoms with Crippen molar-refractivity contribution >= 4 is 10.9 Å². The molecule has 0 aliphatic rings. The number of rotatable bonds is 5. The molecule has 2 unspecified atom stereocenters. The second-order valence-corrected chi connectivity index (χ2v) is 4.99. The van der Waals surface area contributed by atoms with Crippen molar-refractivity contribution in [3.05, 3.63) is 30.0 Å². The van der Waals surface area contributed by atoms with Crippen LogP contribution in [0.15, 0.2) is 24.3 Å². The Morgan fingerprint density at radius 1 is 1.39 bits per heavy atom. The molecule has 0 spiro atoms. The predicted octanol–water partition coefficient (Wildman–Crippen LogP) is 2.51. The van der Waals surface area contributed by atoms with Crippen LogP contribution in [0.3, 0.4) is 0 Å². The third-order valence-corrected chi connectivity index (χ3v) is 3.65. The smallest absolute Gasteiger partial charge is 0.0886 e. The first kappa shape index (κ1) is 13.1. The number of nitrogens with two attached hydrogens (primary N) is 1. The Kier molecular flexibility index (Phi) is 3.99. The number of aryl methyl sites for hydroxylation is 1. The van der Waals surface area contributed by atoms with Crippen molar-refractivity contribution in [3.63, 3.8) is 0 Å². The van der Waals surface area contributed by atoms with Crippen molar-refractivity contribution in [3.8, 4) is 0 Å². The molecule has 3 N–H and O–H groups in total. The quantitative estimate of drug-likeness (QED) is 0.629. The Balaban J connectivity index is 2.39. The van der Waals surface area contributed by atoms with Gasteiger partial charge in [0, 0.05) is 12.4 Å². The number of nitrogens with zero attached hydrogens (tertiary/aromatic N) is 2. The molecule has 2 aromatic rings. The van der Waals surface area contributed by atoms with Crippen LogP contribution in [0.5, 0.6) is 0 Å². The summed E-state index contributed by atoms with van der Waals surface area (Å²) in [6.07, 6.45) is 2.16. The number of para-hydroxylation sites is 1. The van der Waals surface area contributed by atoms with E-state index in [9.17, 15) is 0 Å². The maximum atomic E-state index is 5.71. The zero-order chi connectivity index (χ0) is 13.1. The van der Waals surface area contributed by atoms with Crippen LogP contribution in [-0.2, 0) is 7.05 Å². The van der Waals surface area contributed by atoms with E-state index in [4.69, 9.17) is 5.84 Å². The van der Waals surface area contributed by atoms with Crippen molar-refractivity contribution < 1.29 is 0 Å². The second-order valence-electron chi connectivity index (χ2n) is 4.99. The lowest BCUT2D eigenvalue weighted by Crippen LogP contribution is -2.29. The Labute approximate surface area is 108 Å². The maximum absolute atomic E-state index is 5.71. The summed E-state index contributed by atoms with van der Waals surface area (Å²) in [4.78, 5) is 0. The van der Waals surface area contributed by atoms with Crippen LogP contribution in [-0.4, -0.2) is 9.78 Å². The largest absolute Gasteiger partial charge is 0.271 e. The van der Waals surface area contributed by atoms with Gasteiger partial charge in [0.05, 0.1) is 17.3 Å². The first-order valence-electron chi connectivity index (χ1n) is 6.55. The first-order chi connectivity index (χ1) is 8.67.